The molecule has 0 spiro atoms. The number of hydrogen-bond acceptors (Lipinski definition) is 2. The number of carboxylic acids is 1. The molecule has 5 nitrogen and oxygen atoms in total. The Morgan fingerprint density at radius 1 is 1.26 bits per heavy atom. The third-order valence-corrected chi connectivity index (χ3v) is 3.52. The van der Waals surface area contributed by atoms with Gasteiger partial charge < -0.3 is 15.3 Å². The van der Waals surface area contributed by atoms with E-state index in [1.807, 2.05) is 6.92 Å². The van der Waals surface area contributed by atoms with Crippen LogP contribution >= 0.6 is 0 Å². The monoisotopic (exact) mass is 272 g/mol. The van der Waals surface area contributed by atoms with Crippen LogP contribution in [0.25, 0.3) is 0 Å². The Labute approximate surface area is 116 Å². The van der Waals surface area contributed by atoms with Crippen molar-refractivity contribution in [3.8, 4) is 0 Å². The van der Waals surface area contributed by atoms with Gasteiger partial charge in [-0.05, 0) is 31.1 Å². The van der Waals surface area contributed by atoms with Crippen LogP contribution in [0.2, 0.25) is 0 Å². The number of nitrogens with one attached hydrogen (secondary N) is 1. The fourth-order valence-electron chi connectivity index (χ4n) is 1.94. The molecule has 0 aromatic rings. The van der Waals surface area contributed by atoms with Crippen LogP contribution in [-0.2, 0) is 4.79 Å². The van der Waals surface area contributed by atoms with Crippen molar-refractivity contribution in [3.05, 3.63) is 0 Å². The van der Waals surface area contributed by atoms with Crippen molar-refractivity contribution < 1.29 is 14.7 Å². The second-order valence-corrected chi connectivity index (χ2v) is 6.03. The van der Waals surface area contributed by atoms with Crippen LogP contribution in [0.1, 0.15) is 47.0 Å². The van der Waals surface area contributed by atoms with E-state index in [0.717, 1.165) is 6.42 Å². The van der Waals surface area contributed by atoms with Gasteiger partial charge in [-0.1, -0.05) is 20.8 Å². The van der Waals surface area contributed by atoms with Crippen LogP contribution in [0.15, 0.2) is 0 Å². The standard InChI is InChI=1S/C14H28N2O3/c1-6-16(5)13(19)15-10-9-11(14(2,3)4)7-8-12(17)18/h11H,6-10H2,1-5H3,(H,15,19)(H,17,18). The fraction of sp³-hybridized carbons (Fsp3) is 0.857. The van der Waals surface area contributed by atoms with Gasteiger partial charge in [0.2, 0.25) is 0 Å². The van der Waals surface area contributed by atoms with E-state index in [2.05, 4.69) is 26.1 Å². The Morgan fingerprint density at radius 3 is 2.26 bits per heavy atom. The number of nitrogens with zero attached hydrogens (tertiary/aromatic N) is 1. The Morgan fingerprint density at radius 2 is 1.84 bits per heavy atom. The molecule has 0 rings (SSSR count). The molecule has 19 heavy (non-hydrogen) atoms. The number of carbonyl (C=O) groups excluding carboxylic acids is 1. The van der Waals surface area contributed by atoms with Gasteiger partial charge in [0.15, 0.2) is 0 Å². The number of carboxylic acid groups (broad SMARTS) is 1. The molecule has 0 heterocycles. The molecule has 0 saturated heterocycles. The third kappa shape index (κ3) is 7.70. The SMILES string of the molecule is CCN(C)C(=O)NCCC(CCC(=O)O)C(C)(C)C. The van der Waals surface area contributed by atoms with Crippen LogP contribution in [0.3, 0.4) is 0 Å². The van der Waals surface area contributed by atoms with Gasteiger partial charge in [-0.3, -0.25) is 4.79 Å². The maximum absolute atomic E-state index is 11.6. The van der Waals surface area contributed by atoms with Crippen molar-refractivity contribution in [2.45, 2.75) is 47.0 Å². The molecular formula is C14H28N2O3. The van der Waals surface area contributed by atoms with E-state index in [1.165, 1.54) is 0 Å². The summed E-state index contributed by atoms with van der Waals surface area (Å²) in [7, 11) is 1.75. The van der Waals surface area contributed by atoms with E-state index in [4.69, 9.17) is 5.11 Å². The Hall–Kier alpha value is -1.26. The van der Waals surface area contributed by atoms with E-state index in [1.54, 1.807) is 11.9 Å². The van der Waals surface area contributed by atoms with Gasteiger partial charge in [0.1, 0.15) is 0 Å². The summed E-state index contributed by atoms with van der Waals surface area (Å²) in [5, 5.41) is 11.6. The molecule has 2 amide bonds. The quantitative estimate of drug-likeness (QED) is 0.748. The first-order valence-corrected chi connectivity index (χ1v) is 6.89. The van der Waals surface area contributed by atoms with Gasteiger partial charge in [0, 0.05) is 26.6 Å². The summed E-state index contributed by atoms with van der Waals surface area (Å²) in [6.45, 7) is 9.52. The van der Waals surface area contributed by atoms with E-state index in [9.17, 15) is 9.59 Å². The minimum Gasteiger partial charge on any atom is -0.481 e. The van der Waals surface area contributed by atoms with E-state index >= 15 is 0 Å². The summed E-state index contributed by atoms with van der Waals surface area (Å²) in [5.41, 5.74) is 0.0524. The average Bonchev–Trinajstić information content (AvgIpc) is 2.30. The second-order valence-electron chi connectivity index (χ2n) is 6.03. The predicted molar refractivity (Wildman–Crippen MR) is 76.1 cm³/mol. The van der Waals surface area contributed by atoms with Gasteiger partial charge in [-0.15, -0.1) is 0 Å². The minimum absolute atomic E-state index is 0.0524. The highest BCUT2D eigenvalue weighted by molar-refractivity contribution is 5.73. The molecule has 0 aliphatic heterocycles. The highest BCUT2D eigenvalue weighted by atomic mass is 16.4. The number of carbonyl (C=O) groups is 2. The molecule has 5 heteroatoms. The largest absolute Gasteiger partial charge is 0.481 e. The lowest BCUT2D eigenvalue weighted by Gasteiger charge is -2.30. The second kappa shape index (κ2) is 8.02. The minimum atomic E-state index is -0.760. The molecule has 0 bridgehead atoms. The highest BCUT2D eigenvalue weighted by Gasteiger charge is 2.25. The van der Waals surface area contributed by atoms with E-state index in [0.29, 0.717) is 19.5 Å². The van der Waals surface area contributed by atoms with Gasteiger partial charge in [0.25, 0.3) is 0 Å². The zero-order chi connectivity index (χ0) is 15.1. The summed E-state index contributed by atoms with van der Waals surface area (Å²) in [6.07, 6.45) is 1.64. The van der Waals surface area contributed by atoms with Crippen LogP contribution < -0.4 is 5.32 Å². The third-order valence-electron chi connectivity index (χ3n) is 3.52. The zero-order valence-electron chi connectivity index (χ0n) is 12.8. The average molecular weight is 272 g/mol. The summed E-state index contributed by atoms with van der Waals surface area (Å²) in [4.78, 5) is 23.9. The maximum Gasteiger partial charge on any atom is 0.317 e. The summed E-state index contributed by atoms with van der Waals surface area (Å²) in [6, 6.07) is -0.0756. The molecule has 1 atom stereocenters. The van der Waals surface area contributed by atoms with Crippen LogP contribution in [0.4, 0.5) is 4.79 Å². The lowest BCUT2D eigenvalue weighted by molar-refractivity contribution is -0.137. The molecule has 0 aromatic carbocycles. The van der Waals surface area contributed by atoms with Gasteiger partial charge >= 0.3 is 12.0 Å². The van der Waals surface area contributed by atoms with Gasteiger partial charge in [0.05, 0.1) is 0 Å². The number of rotatable bonds is 7. The number of aliphatic carboxylic acids is 1. The number of hydrogen-bond donors (Lipinski definition) is 2. The molecule has 112 valence electrons. The lowest BCUT2D eigenvalue weighted by atomic mass is 9.76. The van der Waals surface area contributed by atoms with E-state index in [-0.39, 0.29) is 23.8 Å². The Bertz CT molecular complexity index is 298. The Kier molecular flexibility index (Phi) is 7.49. The summed E-state index contributed by atoms with van der Waals surface area (Å²) in [5.74, 6) is -0.472. The van der Waals surface area contributed by atoms with Gasteiger partial charge in [-0.2, -0.15) is 0 Å². The molecule has 0 radical (unpaired) electrons. The Balaban J connectivity index is 4.20. The first-order chi connectivity index (χ1) is 8.68. The first-order valence-electron chi connectivity index (χ1n) is 6.89. The van der Waals surface area contributed by atoms with Crippen LogP contribution in [0.5, 0.6) is 0 Å². The van der Waals surface area contributed by atoms with Crippen molar-refractivity contribution in [2.75, 3.05) is 20.1 Å². The topological polar surface area (TPSA) is 69.6 Å². The van der Waals surface area contributed by atoms with E-state index < -0.39 is 5.97 Å². The molecule has 0 aliphatic carbocycles. The smallest absolute Gasteiger partial charge is 0.317 e. The molecule has 0 aromatic heterocycles. The summed E-state index contributed by atoms with van der Waals surface area (Å²) >= 11 is 0. The molecule has 1 unspecified atom stereocenters. The van der Waals surface area contributed by atoms with Crippen molar-refractivity contribution in [1.82, 2.24) is 10.2 Å². The first kappa shape index (κ1) is 17.7. The predicted octanol–water partition coefficient (Wildman–Crippen LogP) is 2.56. The van der Waals surface area contributed by atoms with Crippen molar-refractivity contribution in [3.63, 3.8) is 0 Å². The molecule has 0 fully saturated rings. The van der Waals surface area contributed by atoms with Crippen molar-refractivity contribution in [1.29, 1.82) is 0 Å². The zero-order valence-corrected chi connectivity index (χ0v) is 12.8. The fourth-order valence-corrected chi connectivity index (χ4v) is 1.94. The molecule has 0 aliphatic rings. The van der Waals surface area contributed by atoms with Crippen LogP contribution in [-0.4, -0.2) is 42.1 Å². The normalized spacial score (nSPS) is 12.9. The van der Waals surface area contributed by atoms with Crippen molar-refractivity contribution >= 4 is 12.0 Å². The molecular weight excluding hydrogens is 244 g/mol. The highest BCUT2D eigenvalue weighted by Crippen LogP contribution is 2.32. The lowest BCUT2D eigenvalue weighted by Crippen LogP contribution is -2.38. The summed E-state index contributed by atoms with van der Waals surface area (Å²) < 4.78 is 0. The maximum atomic E-state index is 11.6. The molecule has 0 saturated carbocycles. The van der Waals surface area contributed by atoms with Crippen LogP contribution in [0, 0.1) is 11.3 Å². The number of amides is 2. The van der Waals surface area contributed by atoms with Crippen molar-refractivity contribution in [2.24, 2.45) is 11.3 Å². The molecule has 2 N–H and O–H groups in total. The number of urea groups is 1. The van der Waals surface area contributed by atoms with Gasteiger partial charge in [-0.25, -0.2) is 4.79 Å².